The molecule has 0 aliphatic carbocycles. The second-order valence-corrected chi connectivity index (χ2v) is 6.41. The van der Waals surface area contributed by atoms with Gasteiger partial charge in [-0.15, -0.1) is 11.3 Å². The van der Waals surface area contributed by atoms with Crippen molar-refractivity contribution in [1.29, 1.82) is 5.26 Å². The summed E-state index contributed by atoms with van der Waals surface area (Å²) in [6, 6.07) is 10.5. The molecule has 0 saturated heterocycles. The smallest absolute Gasteiger partial charge is 0.308 e. The van der Waals surface area contributed by atoms with E-state index >= 15 is 0 Å². The number of hydrogen-bond donors (Lipinski definition) is 1. The zero-order valence-corrected chi connectivity index (χ0v) is 14.9. The molecule has 0 aliphatic heterocycles. The molecule has 3 aromatic rings. The molecule has 2 aromatic heterocycles. The zero-order chi connectivity index (χ0) is 19.2. The fourth-order valence-electron chi connectivity index (χ4n) is 2.35. The lowest BCUT2D eigenvalue weighted by Crippen LogP contribution is -2.24. The molecule has 9 heteroatoms. The van der Waals surface area contributed by atoms with E-state index in [4.69, 9.17) is 10.00 Å². The van der Waals surface area contributed by atoms with Gasteiger partial charge >= 0.3 is 5.97 Å². The molecule has 136 valence electrons. The maximum absolute atomic E-state index is 12.3. The van der Waals surface area contributed by atoms with Gasteiger partial charge in [-0.05, 0) is 23.6 Å². The highest BCUT2D eigenvalue weighted by atomic mass is 32.1. The summed E-state index contributed by atoms with van der Waals surface area (Å²) in [4.78, 5) is 40.1. The SMILES string of the molecule is N#Cc1ccsc1NC(=O)COC(=O)CCn1cnc2ccccc2c1=O. The van der Waals surface area contributed by atoms with Crippen molar-refractivity contribution >= 4 is 39.1 Å². The summed E-state index contributed by atoms with van der Waals surface area (Å²) >= 11 is 1.21. The third kappa shape index (κ3) is 4.37. The summed E-state index contributed by atoms with van der Waals surface area (Å²) in [6.07, 6.45) is 1.31. The van der Waals surface area contributed by atoms with E-state index in [1.807, 2.05) is 6.07 Å². The van der Waals surface area contributed by atoms with Crippen molar-refractivity contribution in [3.63, 3.8) is 0 Å². The fraction of sp³-hybridized carbons (Fsp3) is 0.167. The molecule has 1 N–H and O–H groups in total. The van der Waals surface area contributed by atoms with Gasteiger partial charge in [0.2, 0.25) is 0 Å². The van der Waals surface area contributed by atoms with E-state index in [0.29, 0.717) is 21.5 Å². The molecule has 2 heterocycles. The average Bonchev–Trinajstić information content (AvgIpc) is 3.13. The van der Waals surface area contributed by atoms with Crippen molar-refractivity contribution < 1.29 is 14.3 Å². The molecule has 0 fully saturated rings. The summed E-state index contributed by atoms with van der Waals surface area (Å²) in [5, 5.41) is 14.0. The lowest BCUT2D eigenvalue weighted by molar-refractivity contribution is -0.147. The van der Waals surface area contributed by atoms with E-state index in [2.05, 4.69) is 10.3 Å². The standard InChI is InChI=1S/C18H14N4O4S/c19-9-12-6-8-27-17(12)21-15(23)10-26-16(24)5-7-22-11-20-14-4-2-1-3-13(14)18(22)25/h1-4,6,8,11H,5,7,10H2,(H,21,23). The number of carbonyl (C=O) groups excluding carboxylic acids is 2. The normalized spacial score (nSPS) is 10.3. The van der Waals surface area contributed by atoms with Gasteiger partial charge in [0, 0.05) is 6.54 Å². The molecule has 0 unspecified atom stereocenters. The number of hydrogen-bond acceptors (Lipinski definition) is 7. The van der Waals surface area contributed by atoms with Gasteiger partial charge in [0.15, 0.2) is 6.61 Å². The Bertz CT molecular complexity index is 1100. The molecule has 1 aromatic carbocycles. The van der Waals surface area contributed by atoms with E-state index in [-0.39, 0.29) is 18.5 Å². The molecule has 0 bridgehead atoms. The number of fused-ring (bicyclic) bond motifs is 1. The van der Waals surface area contributed by atoms with Crippen LogP contribution in [0.15, 0.2) is 46.8 Å². The Labute approximate surface area is 157 Å². The maximum Gasteiger partial charge on any atom is 0.308 e. The van der Waals surface area contributed by atoms with Crippen LogP contribution >= 0.6 is 11.3 Å². The average molecular weight is 382 g/mol. The van der Waals surface area contributed by atoms with Crippen LogP contribution in [0.3, 0.4) is 0 Å². The van der Waals surface area contributed by atoms with E-state index in [0.717, 1.165) is 0 Å². The number of nitrogens with one attached hydrogen (secondary N) is 1. The number of benzene rings is 1. The van der Waals surface area contributed by atoms with Gasteiger partial charge in [0.25, 0.3) is 11.5 Å². The van der Waals surface area contributed by atoms with Crippen LogP contribution in [0.25, 0.3) is 10.9 Å². The van der Waals surface area contributed by atoms with E-state index in [1.54, 1.807) is 35.7 Å². The molecule has 0 spiro atoms. The maximum atomic E-state index is 12.3. The minimum atomic E-state index is -0.614. The first-order valence-electron chi connectivity index (χ1n) is 7.95. The van der Waals surface area contributed by atoms with Crippen LogP contribution in [-0.4, -0.2) is 28.0 Å². The van der Waals surface area contributed by atoms with Crippen molar-refractivity contribution in [2.45, 2.75) is 13.0 Å². The second kappa shape index (κ2) is 8.25. The molecular weight excluding hydrogens is 368 g/mol. The molecule has 27 heavy (non-hydrogen) atoms. The number of ether oxygens (including phenoxy) is 1. The topological polar surface area (TPSA) is 114 Å². The Balaban J connectivity index is 1.51. The highest BCUT2D eigenvalue weighted by molar-refractivity contribution is 7.14. The molecule has 0 saturated carbocycles. The van der Waals surface area contributed by atoms with Crippen molar-refractivity contribution in [2.75, 3.05) is 11.9 Å². The van der Waals surface area contributed by atoms with Crippen molar-refractivity contribution in [3.8, 4) is 6.07 Å². The second-order valence-electron chi connectivity index (χ2n) is 5.49. The van der Waals surface area contributed by atoms with Crippen LogP contribution in [0.5, 0.6) is 0 Å². The Hall–Kier alpha value is -3.51. The van der Waals surface area contributed by atoms with Crippen LogP contribution < -0.4 is 10.9 Å². The first kappa shape index (κ1) is 18.3. The summed E-state index contributed by atoms with van der Waals surface area (Å²) in [6.45, 7) is -0.368. The van der Waals surface area contributed by atoms with Gasteiger partial charge in [-0.1, -0.05) is 12.1 Å². The van der Waals surface area contributed by atoms with Gasteiger partial charge in [0.05, 0.1) is 29.2 Å². The Morgan fingerprint density at radius 3 is 2.93 bits per heavy atom. The Morgan fingerprint density at radius 1 is 1.30 bits per heavy atom. The number of aromatic nitrogens is 2. The van der Waals surface area contributed by atoms with E-state index < -0.39 is 18.5 Å². The molecule has 1 amide bonds. The number of amides is 1. The highest BCUT2D eigenvalue weighted by Crippen LogP contribution is 2.21. The number of nitrogens with zero attached hydrogens (tertiary/aromatic N) is 3. The first-order valence-corrected chi connectivity index (χ1v) is 8.83. The minimum absolute atomic E-state index is 0.0738. The van der Waals surface area contributed by atoms with E-state index in [1.165, 1.54) is 22.2 Å². The quantitative estimate of drug-likeness (QED) is 0.651. The lowest BCUT2D eigenvalue weighted by Gasteiger charge is -2.07. The number of para-hydroxylation sites is 1. The predicted octanol–water partition coefficient (Wildman–Crippen LogP) is 1.90. The number of rotatable bonds is 6. The van der Waals surface area contributed by atoms with Gasteiger partial charge < -0.3 is 10.1 Å². The van der Waals surface area contributed by atoms with Crippen LogP contribution in [0, 0.1) is 11.3 Å². The summed E-state index contributed by atoms with van der Waals surface area (Å²) in [5.74, 6) is -1.15. The number of carbonyl (C=O) groups is 2. The van der Waals surface area contributed by atoms with Gasteiger partial charge in [0.1, 0.15) is 11.1 Å². The minimum Gasteiger partial charge on any atom is -0.456 e. The fourth-order valence-corrected chi connectivity index (χ4v) is 3.11. The molecule has 8 nitrogen and oxygen atoms in total. The number of thiophene rings is 1. The van der Waals surface area contributed by atoms with Crippen molar-refractivity contribution in [3.05, 3.63) is 58.0 Å². The molecule has 0 radical (unpaired) electrons. The van der Waals surface area contributed by atoms with Gasteiger partial charge in [-0.2, -0.15) is 5.26 Å². The number of nitriles is 1. The number of esters is 1. The van der Waals surface area contributed by atoms with E-state index in [9.17, 15) is 14.4 Å². The highest BCUT2D eigenvalue weighted by Gasteiger charge is 2.12. The summed E-state index contributed by atoms with van der Waals surface area (Å²) in [5.41, 5.74) is 0.694. The largest absolute Gasteiger partial charge is 0.456 e. The first-order chi connectivity index (χ1) is 13.1. The van der Waals surface area contributed by atoms with Gasteiger partial charge in [-0.25, -0.2) is 4.98 Å². The third-order valence-electron chi connectivity index (χ3n) is 3.69. The van der Waals surface area contributed by atoms with Crippen molar-refractivity contribution in [2.24, 2.45) is 0 Å². The van der Waals surface area contributed by atoms with Crippen LogP contribution in [-0.2, 0) is 20.9 Å². The number of anilines is 1. The Kier molecular flexibility index (Phi) is 5.58. The number of aryl methyl sites for hydroxylation is 1. The zero-order valence-electron chi connectivity index (χ0n) is 14.0. The summed E-state index contributed by atoms with van der Waals surface area (Å²) in [7, 11) is 0. The Morgan fingerprint density at radius 2 is 2.11 bits per heavy atom. The van der Waals surface area contributed by atoms with Crippen LogP contribution in [0.2, 0.25) is 0 Å². The third-order valence-corrected chi connectivity index (χ3v) is 4.52. The van der Waals surface area contributed by atoms with Crippen LogP contribution in [0.4, 0.5) is 5.00 Å². The predicted molar refractivity (Wildman–Crippen MR) is 99.2 cm³/mol. The van der Waals surface area contributed by atoms with Crippen molar-refractivity contribution in [1.82, 2.24) is 9.55 Å². The monoisotopic (exact) mass is 382 g/mol. The van der Waals surface area contributed by atoms with Gasteiger partial charge in [-0.3, -0.25) is 19.0 Å². The summed E-state index contributed by atoms with van der Waals surface area (Å²) < 4.78 is 6.24. The molecular formula is C18H14N4O4S. The molecule has 0 atom stereocenters. The van der Waals surface area contributed by atoms with Crippen LogP contribution in [0.1, 0.15) is 12.0 Å². The molecule has 3 rings (SSSR count). The molecule has 0 aliphatic rings. The lowest BCUT2D eigenvalue weighted by atomic mass is 10.2.